The van der Waals surface area contributed by atoms with Crippen molar-refractivity contribution in [3.63, 3.8) is 0 Å². The quantitative estimate of drug-likeness (QED) is 0.254. The predicted molar refractivity (Wildman–Crippen MR) is 121 cm³/mol. The molecule has 0 amide bonds. The molecule has 0 spiro atoms. The topological polar surface area (TPSA) is 127 Å². The van der Waals surface area contributed by atoms with Crippen LogP contribution in [0.25, 0.3) is 0 Å². The van der Waals surface area contributed by atoms with Crippen molar-refractivity contribution in [2.75, 3.05) is 79.1 Å². The second kappa shape index (κ2) is 11.8. The van der Waals surface area contributed by atoms with Gasteiger partial charge in [-0.15, -0.1) is 11.3 Å². The Morgan fingerprint density at radius 1 is 0.742 bits per heavy atom. The third-order valence-corrected chi connectivity index (χ3v) is 7.14. The summed E-state index contributed by atoms with van der Waals surface area (Å²) in [5, 5.41) is 3.72. The van der Waals surface area contributed by atoms with E-state index in [0.717, 1.165) is 0 Å². The second-order valence-corrected chi connectivity index (χ2v) is 12.7. The van der Waals surface area contributed by atoms with Crippen LogP contribution in [-0.2, 0) is 20.2 Å². The van der Waals surface area contributed by atoms with Gasteiger partial charge < -0.3 is 18.4 Å². The van der Waals surface area contributed by atoms with Crippen molar-refractivity contribution in [3.8, 4) is 11.5 Å². The molecule has 0 fully saturated rings. The van der Waals surface area contributed by atoms with Crippen LogP contribution in [0.1, 0.15) is 12.8 Å². The molecule has 0 aromatic carbocycles. The van der Waals surface area contributed by atoms with Gasteiger partial charge in [-0.25, -0.2) is 0 Å². The van der Waals surface area contributed by atoms with Crippen LogP contribution in [0, 0.1) is 0 Å². The molecular formula is C18H36N2O8S3+2. The van der Waals surface area contributed by atoms with Crippen molar-refractivity contribution in [3.05, 3.63) is 10.8 Å². The predicted octanol–water partition coefficient (Wildman–Crippen LogP) is 1.21. The fraction of sp³-hybridized carbons (Fsp3) is 0.778. The number of likely N-dealkylation sites (N-methyl/N-ethyl adjacent to an activating group) is 2. The van der Waals surface area contributed by atoms with Crippen LogP contribution in [0.15, 0.2) is 10.8 Å². The Bertz CT molecular complexity index is 809. The van der Waals surface area contributed by atoms with E-state index in [2.05, 4.69) is 0 Å². The van der Waals surface area contributed by atoms with Gasteiger partial charge in [0.25, 0.3) is 20.2 Å². The van der Waals surface area contributed by atoms with E-state index in [-0.39, 0.29) is 11.5 Å². The molecule has 182 valence electrons. The minimum atomic E-state index is -3.94. The SMILES string of the molecule is C[N+](C)(CCCS(=O)(=O)O)CCOc1cscc1OCC[N+](C)(C)CCCS(=O)(=O)O. The van der Waals surface area contributed by atoms with E-state index >= 15 is 0 Å². The minimum Gasteiger partial charge on any atom is -0.483 e. The third-order valence-electron chi connectivity index (χ3n) is 4.83. The number of hydrogen-bond donors (Lipinski definition) is 2. The second-order valence-electron chi connectivity index (χ2n) is 8.84. The monoisotopic (exact) mass is 504 g/mol. The molecule has 0 bridgehead atoms. The lowest BCUT2D eigenvalue weighted by Crippen LogP contribution is -2.44. The first-order valence-electron chi connectivity index (χ1n) is 9.95. The third kappa shape index (κ3) is 13.9. The summed E-state index contributed by atoms with van der Waals surface area (Å²) in [5.41, 5.74) is 0. The summed E-state index contributed by atoms with van der Waals surface area (Å²) < 4.78 is 73.8. The molecule has 0 unspecified atom stereocenters. The van der Waals surface area contributed by atoms with E-state index in [0.29, 0.717) is 72.7 Å². The molecule has 1 rings (SSSR count). The molecule has 0 saturated carbocycles. The first-order chi connectivity index (χ1) is 14.1. The fourth-order valence-corrected chi connectivity index (χ4v) is 4.53. The van der Waals surface area contributed by atoms with E-state index < -0.39 is 20.2 Å². The number of quaternary nitrogens is 2. The van der Waals surface area contributed by atoms with Gasteiger partial charge >= 0.3 is 0 Å². The summed E-state index contributed by atoms with van der Waals surface area (Å²) in [5.74, 6) is 0.810. The van der Waals surface area contributed by atoms with Gasteiger partial charge in [-0.2, -0.15) is 16.8 Å². The largest absolute Gasteiger partial charge is 0.483 e. The van der Waals surface area contributed by atoms with Crippen molar-refractivity contribution in [1.82, 2.24) is 0 Å². The average Bonchev–Trinajstić information content (AvgIpc) is 2.99. The molecule has 2 N–H and O–H groups in total. The van der Waals surface area contributed by atoms with Crippen LogP contribution in [0.2, 0.25) is 0 Å². The maximum absolute atomic E-state index is 10.8. The number of hydrogen-bond acceptors (Lipinski definition) is 7. The van der Waals surface area contributed by atoms with Crippen LogP contribution in [0.4, 0.5) is 0 Å². The van der Waals surface area contributed by atoms with Gasteiger partial charge in [0.05, 0.1) is 52.8 Å². The van der Waals surface area contributed by atoms with Crippen LogP contribution < -0.4 is 9.47 Å². The van der Waals surface area contributed by atoms with Crippen molar-refractivity contribution in [2.24, 2.45) is 0 Å². The number of thiophene rings is 1. The fourth-order valence-electron chi connectivity index (χ4n) is 2.86. The van der Waals surface area contributed by atoms with E-state index in [1.807, 2.05) is 39.0 Å². The molecule has 31 heavy (non-hydrogen) atoms. The molecule has 1 aromatic heterocycles. The first kappa shape index (κ1) is 28.1. The first-order valence-corrected chi connectivity index (χ1v) is 14.1. The lowest BCUT2D eigenvalue weighted by atomic mass is 10.3. The normalized spacial score (nSPS) is 13.4. The summed E-state index contributed by atoms with van der Waals surface area (Å²) in [7, 11) is 0.0202. The summed E-state index contributed by atoms with van der Waals surface area (Å²) in [6.45, 7) is 3.39. The van der Waals surface area contributed by atoms with Crippen molar-refractivity contribution in [1.29, 1.82) is 0 Å². The van der Waals surface area contributed by atoms with Crippen LogP contribution >= 0.6 is 11.3 Å². The van der Waals surface area contributed by atoms with Gasteiger partial charge in [0, 0.05) is 23.6 Å². The Morgan fingerprint density at radius 3 is 1.42 bits per heavy atom. The highest BCUT2D eigenvalue weighted by atomic mass is 32.2. The van der Waals surface area contributed by atoms with Crippen molar-refractivity contribution < 1.29 is 44.4 Å². The Balaban J connectivity index is 2.39. The van der Waals surface area contributed by atoms with E-state index in [4.69, 9.17) is 18.6 Å². The zero-order valence-electron chi connectivity index (χ0n) is 18.7. The highest BCUT2D eigenvalue weighted by Crippen LogP contribution is 2.31. The smallest absolute Gasteiger partial charge is 0.265 e. The molecule has 0 aliphatic heterocycles. The molecule has 0 radical (unpaired) electrons. The standard InChI is InChI=1S/C18H34N2O8S3/c1-19(2,7-5-13-30(21,22)23)9-11-27-17-15-29-16-18(17)28-12-10-20(3,4)8-6-14-31(24,25)26/h15-16H,5-14H2,1-4H3/p+2. The molecular weight excluding hydrogens is 468 g/mol. The zero-order valence-corrected chi connectivity index (χ0v) is 21.1. The average molecular weight is 505 g/mol. The lowest BCUT2D eigenvalue weighted by molar-refractivity contribution is -0.890. The molecule has 0 aliphatic carbocycles. The molecule has 10 nitrogen and oxygen atoms in total. The molecule has 0 aliphatic rings. The summed E-state index contributed by atoms with van der Waals surface area (Å²) in [4.78, 5) is 0. The molecule has 1 aromatic rings. The van der Waals surface area contributed by atoms with Gasteiger partial charge in [-0.05, 0) is 0 Å². The van der Waals surface area contributed by atoms with E-state index in [1.54, 1.807) is 0 Å². The van der Waals surface area contributed by atoms with Crippen molar-refractivity contribution in [2.45, 2.75) is 12.8 Å². The summed E-state index contributed by atoms with van der Waals surface area (Å²) in [6.07, 6.45) is 0.744. The van der Waals surface area contributed by atoms with Crippen LogP contribution in [0.5, 0.6) is 11.5 Å². The molecule has 0 atom stereocenters. The Kier molecular flexibility index (Phi) is 10.7. The zero-order chi connectivity index (χ0) is 23.8. The number of ether oxygens (including phenoxy) is 2. The minimum absolute atomic E-state index is 0.247. The van der Waals surface area contributed by atoms with Crippen LogP contribution in [0.3, 0.4) is 0 Å². The number of nitrogens with zero attached hydrogens (tertiary/aromatic N) is 2. The van der Waals surface area contributed by atoms with Crippen LogP contribution in [-0.4, -0.2) is 114 Å². The van der Waals surface area contributed by atoms with Gasteiger partial charge in [0.15, 0.2) is 11.5 Å². The van der Waals surface area contributed by atoms with Gasteiger partial charge in [-0.1, -0.05) is 0 Å². The maximum Gasteiger partial charge on any atom is 0.265 e. The molecule has 1 heterocycles. The highest BCUT2D eigenvalue weighted by molar-refractivity contribution is 7.86. The highest BCUT2D eigenvalue weighted by Gasteiger charge is 2.19. The maximum atomic E-state index is 10.8. The lowest BCUT2D eigenvalue weighted by Gasteiger charge is -2.30. The van der Waals surface area contributed by atoms with Gasteiger partial charge in [0.1, 0.15) is 26.3 Å². The van der Waals surface area contributed by atoms with Gasteiger partial charge in [0.2, 0.25) is 0 Å². The summed E-state index contributed by atoms with van der Waals surface area (Å²) >= 11 is 1.47. The Morgan fingerprint density at radius 2 is 1.10 bits per heavy atom. The van der Waals surface area contributed by atoms with Gasteiger partial charge in [-0.3, -0.25) is 9.11 Å². The Hall–Kier alpha value is -0.960. The molecule has 0 saturated heterocycles. The van der Waals surface area contributed by atoms with E-state index in [9.17, 15) is 16.8 Å². The van der Waals surface area contributed by atoms with Crippen molar-refractivity contribution >= 4 is 31.6 Å². The van der Waals surface area contributed by atoms with E-state index in [1.165, 1.54) is 11.3 Å². The molecule has 13 heteroatoms. The Labute approximate surface area is 190 Å². The summed E-state index contributed by atoms with van der Waals surface area (Å²) in [6, 6.07) is 0. The number of rotatable bonds is 16.